The first-order valence-electron chi connectivity index (χ1n) is 7.55. The third-order valence-corrected chi connectivity index (χ3v) is 6.35. The molecule has 0 radical (unpaired) electrons. The van der Waals surface area contributed by atoms with Gasteiger partial charge in [0.25, 0.3) is 5.91 Å². The van der Waals surface area contributed by atoms with Crippen LogP contribution in [0.5, 0.6) is 0 Å². The summed E-state index contributed by atoms with van der Waals surface area (Å²) >= 11 is 3.21. The minimum absolute atomic E-state index is 0.116. The molecule has 0 spiro atoms. The fraction of sp³-hybridized carbons (Fsp3) is 0.600. The molecule has 0 aromatic carbocycles. The zero-order valence-electron chi connectivity index (χ0n) is 12.6. The predicted molar refractivity (Wildman–Crippen MR) is 87.7 cm³/mol. The van der Waals surface area contributed by atoms with Gasteiger partial charge in [0, 0.05) is 25.7 Å². The van der Waals surface area contributed by atoms with Crippen molar-refractivity contribution in [2.24, 2.45) is 0 Å². The van der Waals surface area contributed by atoms with Crippen molar-refractivity contribution in [3.05, 3.63) is 17.0 Å². The fourth-order valence-electron chi connectivity index (χ4n) is 2.98. The van der Waals surface area contributed by atoms with Gasteiger partial charge in [-0.25, -0.2) is 4.79 Å². The SMILES string of the molecule is CSc1ccc(C(=O)N2CCC(N3CCCOC3=O)CC2)s1. The summed E-state index contributed by atoms with van der Waals surface area (Å²) in [6.45, 7) is 2.72. The number of carbonyl (C=O) groups excluding carboxylic acids is 2. The highest BCUT2D eigenvalue weighted by Crippen LogP contribution is 2.27. The van der Waals surface area contributed by atoms with E-state index in [1.807, 2.05) is 28.2 Å². The van der Waals surface area contributed by atoms with E-state index in [-0.39, 0.29) is 18.0 Å². The number of amides is 2. The molecule has 0 saturated carbocycles. The van der Waals surface area contributed by atoms with Crippen LogP contribution in [-0.4, -0.2) is 60.3 Å². The first-order valence-corrected chi connectivity index (χ1v) is 9.59. The molecule has 2 fully saturated rings. The Morgan fingerprint density at radius 1 is 1.32 bits per heavy atom. The number of hydrogen-bond donors (Lipinski definition) is 0. The van der Waals surface area contributed by atoms with Crippen molar-refractivity contribution in [3.63, 3.8) is 0 Å². The van der Waals surface area contributed by atoms with Gasteiger partial charge in [0.2, 0.25) is 0 Å². The van der Waals surface area contributed by atoms with E-state index in [1.54, 1.807) is 23.1 Å². The van der Waals surface area contributed by atoms with Crippen LogP contribution in [0.2, 0.25) is 0 Å². The Labute approximate surface area is 138 Å². The maximum absolute atomic E-state index is 12.5. The predicted octanol–water partition coefficient (Wildman–Crippen LogP) is 2.92. The van der Waals surface area contributed by atoms with Crippen molar-refractivity contribution in [3.8, 4) is 0 Å². The molecule has 1 aromatic heterocycles. The first kappa shape index (κ1) is 15.7. The molecule has 3 rings (SSSR count). The van der Waals surface area contributed by atoms with Crippen LogP contribution in [0, 0.1) is 0 Å². The molecule has 3 heterocycles. The number of piperidine rings is 1. The Hall–Kier alpha value is -1.21. The molecular weight excluding hydrogens is 320 g/mol. The molecule has 1 aromatic rings. The molecule has 2 aliphatic heterocycles. The average Bonchev–Trinajstić information content (AvgIpc) is 3.04. The number of likely N-dealkylation sites (tertiary alicyclic amines) is 1. The first-order chi connectivity index (χ1) is 10.7. The maximum atomic E-state index is 12.5. The third kappa shape index (κ3) is 3.25. The fourth-order valence-corrected chi connectivity index (χ4v) is 4.49. The van der Waals surface area contributed by atoms with Gasteiger partial charge in [0.15, 0.2) is 0 Å². The second-order valence-corrected chi connectivity index (χ2v) is 7.70. The van der Waals surface area contributed by atoms with E-state index >= 15 is 0 Å². The topological polar surface area (TPSA) is 49.9 Å². The van der Waals surface area contributed by atoms with E-state index in [1.165, 1.54) is 0 Å². The lowest BCUT2D eigenvalue weighted by molar-refractivity contribution is 0.0358. The second-order valence-electron chi connectivity index (χ2n) is 5.51. The van der Waals surface area contributed by atoms with Crippen LogP contribution in [0.3, 0.4) is 0 Å². The van der Waals surface area contributed by atoms with Crippen LogP contribution >= 0.6 is 23.1 Å². The number of thioether (sulfide) groups is 1. The monoisotopic (exact) mass is 340 g/mol. The molecule has 7 heteroatoms. The lowest BCUT2D eigenvalue weighted by Crippen LogP contribution is -2.50. The second kappa shape index (κ2) is 6.91. The molecule has 0 bridgehead atoms. The Morgan fingerprint density at radius 3 is 2.73 bits per heavy atom. The van der Waals surface area contributed by atoms with Gasteiger partial charge in [-0.05, 0) is 37.7 Å². The number of nitrogens with zero attached hydrogens (tertiary/aromatic N) is 2. The van der Waals surface area contributed by atoms with Gasteiger partial charge in [-0.15, -0.1) is 23.1 Å². The third-order valence-electron chi connectivity index (χ3n) is 4.19. The van der Waals surface area contributed by atoms with Gasteiger partial charge in [0.1, 0.15) is 0 Å². The molecule has 120 valence electrons. The van der Waals surface area contributed by atoms with Crippen LogP contribution in [0.1, 0.15) is 28.9 Å². The van der Waals surface area contributed by atoms with E-state index in [0.29, 0.717) is 19.7 Å². The molecule has 2 saturated heterocycles. The summed E-state index contributed by atoms with van der Waals surface area (Å²) in [7, 11) is 0. The number of thiophene rings is 1. The molecule has 22 heavy (non-hydrogen) atoms. The van der Waals surface area contributed by atoms with Crippen LogP contribution < -0.4 is 0 Å². The number of ether oxygens (including phenoxy) is 1. The van der Waals surface area contributed by atoms with Gasteiger partial charge in [-0.3, -0.25) is 4.79 Å². The van der Waals surface area contributed by atoms with Gasteiger partial charge in [0.05, 0.1) is 15.7 Å². The van der Waals surface area contributed by atoms with E-state index in [0.717, 1.165) is 34.9 Å². The van der Waals surface area contributed by atoms with Gasteiger partial charge >= 0.3 is 6.09 Å². The summed E-state index contributed by atoms with van der Waals surface area (Å²) in [4.78, 5) is 28.8. The van der Waals surface area contributed by atoms with Crippen molar-refractivity contribution in [2.75, 3.05) is 32.5 Å². The molecular formula is C15H20N2O3S2. The van der Waals surface area contributed by atoms with Gasteiger partial charge < -0.3 is 14.5 Å². The average molecular weight is 340 g/mol. The smallest absolute Gasteiger partial charge is 0.410 e. The normalized spacial score (nSPS) is 20.1. The largest absolute Gasteiger partial charge is 0.449 e. The number of cyclic esters (lactones) is 1. The van der Waals surface area contributed by atoms with E-state index in [4.69, 9.17) is 4.74 Å². The van der Waals surface area contributed by atoms with Crippen LogP contribution in [0.4, 0.5) is 4.79 Å². The molecule has 0 aliphatic carbocycles. The van der Waals surface area contributed by atoms with Crippen molar-refractivity contribution < 1.29 is 14.3 Å². The minimum Gasteiger partial charge on any atom is -0.449 e. The summed E-state index contributed by atoms with van der Waals surface area (Å²) in [5.74, 6) is 0.116. The highest BCUT2D eigenvalue weighted by atomic mass is 32.2. The van der Waals surface area contributed by atoms with Crippen molar-refractivity contribution >= 4 is 35.1 Å². The van der Waals surface area contributed by atoms with E-state index in [2.05, 4.69) is 0 Å². The molecule has 0 atom stereocenters. The van der Waals surface area contributed by atoms with Crippen molar-refractivity contribution in [1.82, 2.24) is 9.80 Å². The Morgan fingerprint density at radius 2 is 2.09 bits per heavy atom. The van der Waals surface area contributed by atoms with Crippen LogP contribution in [0.15, 0.2) is 16.3 Å². The minimum atomic E-state index is -0.195. The number of rotatable bonds is 3. The summed E-state index contributed by atoms with van der Waals surface area (Å²) in [5.41, 5.74) is 0. The quantitative estimate of drug-likeness (QED) is 0.794. The maximum Gasteiger partial charge on any atom is 0.410 e. The van der Waals surface area contributed by atoms with E-state index < -0.39 is 0 Å². The molecule has 2 aliphatic rings. The summed E-state index contributed by atoms with van der Waals surface area (Å²) in [6.07, 6.45) is 4.39. The molecule has 0 unspecified atom stereocenters. The van der Waals surface area contributed by atoms with E-state index in [9.17, 15) is 9.59 Å². The summed E-state index contributed by atoms with van der Waals surface area (Å²) < 4.78 is 6.27. The van der Waals surface area contributed by atoms with Gasteiger partial charge in [-0.1, -0.05) is 0 Å². The lowest BCUT2D eigenvalue weighted by atomic mass is 10.0. The lowest BCUT2D eigenvalue weighted by Gasteiger charge is -2.39. The van der Waals surface area contributed by atoms with Crippen molar-refractivity contribution in [2.45, 2.75) is 29.5 Å². The zero-order valence-corrected chi connectivity index (χ0v) is 14.3. The zero-order chi connectivity index (χ0) is 15.5. The summed E-state index contributed by atoms with van der Waals surface area (Å²) in [5, 5.41) is 0. The van der Waals surface area contributed by atoms with Gasteiger partial charge in [-0.2, -0.15) is 0 Å². The molecule has 2 amide bonds. The van der Waals surface area contributed by atoms with Crippen LogP contribution in [-0.2, 0) is 4.74 Å². The Balaban J connectivity index is 1.57. The number of carbonyl (C=O) groups is 2. The Kier molecular flexibility index (Phi) is 4.93. The van der Waals surface area contributed by atoms with Crippen LogP contribution in [0.25, 0.3) is 0 Å². The molecule has 0 N–H and O–H groups in total. The summed E-state index contributed by atoms with van der Waals surface area (Å²) in [6, 6.07) is 4.12. The molecule has 5 nitrogen and oxygen atoms in total. The van der Waals surface area contributed by atoms with Crippen molar-refractivity contribution in [1.29, 1.82) is 0 Å². The highest BCUT2D eigenvalue weighted by Gasteiger charge is 2.32. The Bertz CT molecular complexity index is 553. The highest BCUT2D eigenvalue weighted by molar-refractivity contribution is 8.00. The standard InChI is InChI=1S/C15H20N2O3S2/c1-21-13-4-3-12(22-13)14(18)16-8-5-11(6-9-16)17-7-2-10-20-15(17)19/h3-4,11H,2,5-10H2,1H3. The number of hydrogen-bond acceptors (Lipinski definition) is 5.